The molecule has 0 spiro atoms. The van der Waals surface area contributed by atoms with Gasteiger partial charge in [-0.2, -0.15) is 0 Å². The third-order valence-corrected chi connectivity index (χ3v) is 9.04. The molecule has 0 bridgehead atoms. The highest BCUT2D eigenvalue weighted by atomic mass is 35.5. The number of aromatic nitrogens is 2. The van der Waals surface area contributed by atoms with E-state index in [4.69, 9.17) is 16.3 Å². The van der Waals surface area contributed by atoms with Crippen LogP contribution in [0.2, 0.25) is 5.02 Å². The quantitative estimate of drug-likeness (QED) is 0.0536. The second-order valence-corrected chi connectivity index (χ2v) is 12.0. The number of aryl methyl sites for hydroxylation is 2. The summed E-state index contributed by atoms with van der Waals surface area (Å²) in [5.74, 6) is -0.639. The molecule has 1 aromatic heterocycles. The van der Waals surface area contributed by atoms with Crippen LogP contribution in [0.5, 0.6) is 5.75 Å². The molecule has 0 saturated carbocycles. The Bertz CT molecular complexity index is 1670. The van der Waals surface area contributed by atoms with Crippen molar-refractivity contribution >= 4 is 57.3 Å². The van der Waals surface area contributed by atoms with E-state index in [0.29, 0.717) is 38.6 Å². The van der Waals surface area contributed by atoms with E-state index in [2.05, 4.69) is 16.8 Å². The van der Waals surface area contributed by atoms with Crippen molar-refractivity contribution in [2.24, 2.45) is 0 Å². The minimum Gasteiger partial charge on any atom is -0.507 e. The fourth-order valence-corrected chi connectivity index (χ4v) is 6.65. The molecule has 7 nitrogen and oxygen atoms in total. The summed E-state index contributed by atoms with van der Waals surface area (Å²) in [5.41, 5.74) is 3.73. The smallest absolute Gasteiger partial charge is 0.301 e. The summed E-state index contributed by atoms with van der Waals surface area (Å²) in [7, 11) is 0. The van der Waals surface area contributed by atoms with Crippen molar-refractivity contribution in [2.45, 2.75) is 30.0 Å². The van der Waals surface area contributed by atoms with Crippen molar-refractivity contribution in [3.63, 3.8) is 0 Å². The van der Waals surface area contributed by atoms with Gasteiger partial charge in [0.2, 0.25) is 5.13 Å². The van der Waals surface area contributed by atoms with Crippen LogP contribution in [-0.4, -0.2) is 33.6 Å². The summed E-state index contributed by atoms with van der Waals surface area (Å²) in [6.07, 6.45) is 1.64. The maximum absolute atomic E-state index is 13.5. The van der Waals surface area contributed by atoms with Crippen LogP contribution in [0.15, 0.2) is 89.3 Å². The fourth-order valence-electron chi connectivity index (χ4n) is 4.50. The van der Waals surface area contributed by atoms with Gasteiger partial charge in [0.1, 0.15) is 18.1 Å². The summed E-state index contributed by atoms with van der Waals surface area (Å²) in [6, 6.07) is 19.3. The number of Topliss-reactive ketones (excluding diaryl/α,β-unsaturated/α-hetero) is 1. The van der Waals surface area contributed by atoms with E-state index in [1.165, 1.54) is 28.0 Å². The first kappa shape index (κ1) is 28.6. The summed E-state index contributed by atoms with van der Waals surface area (Å²) in [5, 5.41) is 21.0. The number of hydrogen-bond acceptors (Lipinski definition) is 8. The lowest BCUT2D eigenvalue weighted by Crippen LogP contribution is -2.29. The Kier molecular flexibility index (Phi) is 8.58. The average molecular weight is 604 g/mol. The van der Waals surface area contributed by atoms with Gasteiger partial charge >= 0.3 is 5.91 Å². The lowest BCUT2D eigenvalue weighted by atomic mass is 9.93. The van der Waals surface area contributed by atoms with Crippen molar-refractivity contribution < 1.29 is 19.4 Å². The van der Waals surface area contributed by atoms with Crippen LogP contribution in [0, 0.1) is 13.8 Å². The number of thioether (sulfide) groups is 1. The minimum absolute atomic E-state index is 0.0102. The summed E-state index contributed by atoms with van der Waals surface area (Å²) in [6.45, 7) is 7.75. The molecule has 4 aromatic rings. The maximum Gasteiger partial charge on any atom is 0.301 e. The monoisotopic (exact) mass is 603 g/mol. The van der Waals surface area contributed by atoms with Crippen LogP contribution in [0.4, 0.5) is 5.13 Å². The van der Waals surface area contributed by atoms with Crippen LogP contribution in [0.25, 0.3) is 5.76 Å². The van der Waals surface area contributed by atoms with Gasteiger partial charge in [-0.25, -0.2) is 0 Å². The topological polar surface area (TPSA) is 92.6 Å². The summed E-state index contributed by atoms with van der Waals surface area (Å²) >= 11 is 8.93. The summed E-state index contributed by atoms with van der Waals surface area (Å²) in [4.78, 5) is 28.4. The van der Waals surface area contributed by atoms with Crippen LogP contribution in [-0.2, 0) is 15.3 Å². The molecule has 0 radical (unpaired) electrons. The van der Waals surface area contributed by atoms with E-state index in [1.807, 2.05) is 50.2 Å². The van der Waals surface area contributed by atoms with E-state index >= 15 is 0 Å². The first-order valence-corrected chi connectivity index (χ1v) is 14.9. The zero-order valence-corrected chi connectivity index (χ0v) is 24.7. The number of rotatable bonds is 9. The van der Waals surface area contributed by atoms with Gasteiger partial charge < -0.3 is 9.84 Å². The maximum atomic E-state index is 13.5. The van der Waals surface area contributed by atoms with Gasteiger partial charge in [-0.05, 0) is 54.8 Å². The first-order chi connectivity index (χ1) is 19.8. The molecule has 5 rings (SSSR count). The number of halogens is 1. The molecule has 10 heteroatoms. The number of anilines is 1. The van der Waals surface area contributed by atoms with Crippen molar-refractivity contribution in [1.82, 2.24) is 10.2 Å². The number of nitrogens with zero attached hydrogens (tertiary/aromatic N) is 3. The van der Waals surface area contributed by atoms with E-state index in [-0.39, 0.29) is 16.5 Å². The number of benzene rings is 3. The lowest BCUT2D eigenvalue weighted by molar-refractivity contribution is -0.132. The molecular formula is C31H26ClN3O4S2. The van der Waals surface area contributed by atoms with Gasteiger partial charge in [-0.15, -0.1) is 10.2 Å². The van der Waals surface area contributed by atoms with Gasteiger partial charge in [0.25, 0.3) is 5.78 Å². The molecule has 3 aromatic carbocycles. The average Bonchev–Trinajstić information content (AvgIpc) is 3.54. The van der Waals surface area contributed by atoms with Crippen LogP contribution in [0.1, 0.15) is 33.9 Å². The van der Waals surface area contributed by atoms with Crippen molar-refractivity contribution in [1.29, 1.82) is 0 Å². The Morgan fingerprint density at radius 2 is 1.88 bits per heavy atom. The Labute approximate surface area is 251 Å². The number of amides is 1. The molecule has 208 valence electrons. The highest BCUT2D eigenvalue weighted by molar-refractivity contribution is 8.00. The molecule has 2 heterocycles. The largest absolute Gasteiger partial charge is 0.507 e. The second-order valence-electron chi connectivity index (χ2n) is 9.39. The molecule has 1 amide bonds. The Balaban J connectivity index is 1.56. The molecule has 0 aliphatic carbocycles. The van der Waals surface area contributed by atoms with Crippen molar-refractivity contribution in [3.05, 3.63) is 118 Å². The van der Waals surface area contributed by atoms with Crippen LogP contribution in [0.3, 0.4) is 0 Å². The third kappa shape index (κ3) is 5.93. The zero-order chi connectivity index (χ0) is 29.1. The number of carbonyl (C=O) groups is 2. The van der Waals surface area contributed by atoms with E-state index in [1.54, 1.807) is 36.4 Å². The minimum atomic E-state index is -0.919. The van der Waals surface area contributed by atoms with Gasteiger partial charge in [0.15, 0.2) is 4.34 Å². The van der Waals surface area contributed by atoms with E-state index in [9.17, 15) is 14.7 Å². The zero-order valence-electron chi connectivity index (χ0n) is 22.3. The van der Waals surface area contributed by atoms with Gasteiger partial charge in [0, 0.05) is 16.3 Å². The lowest BCUT2D eigenvalue weighted by Gasteiger charge is -2.23. The number of ketones is 1. The summed E-state index contributed by atoms with van der Waals surface area (Å²) < 4.78 is 6.23. The number of carbonyl (C=O) groups excluding carboxylic acids is 2. The van der Waals surface area contributed by atoms with Crippen LogP contribution < -0.4 is 9.64 Å². The normalized spacial score (nSPS) is 16.3. The third-order valence-electron chi connectivity index (χ3n) is 6.57. The van der Waals surface area contributed by atoms with Crippen LogP contribution >= 0.6 is 34.7 Å². The highest BCUT2D eigenvalue weighted by Crippen LogP contribution is 2.44. The van der Waals surface area contributed by atoms with Crippen molar-refractivity contribution in [2.75, 3.05) is 11.5 Å². The number of aliphatic hydroxyl groups is 1. The van der Waals surface area contributed by atoms with E-state index < -0.39 is 17.7 Å². The molecular weight excluding hydrogens is 578 g/mol. The van der Waals surface area contributed by atoms with Crippen molar-refractivity contribution in [3.8, 4) is 5.75 Å². The Hall–Kier alpha value is -3.92. The SMILES string of the molecule is C=CCOc1ccc(C2/C(=C(\O)c3cc(C)ccc3C)C(=O)C(=O)N2c2nnc(SCc3ccccc3Cl)s2)cc1. The van der Waals surface area contributed by atoms with E-state index in [0.717, 1.165) is 16.7 Å². The molecule has 41 heavy (non-hydrogen) atoms. The standard InChI is InChI=1S/C31H26ClN3O4S2/c1-4-15-39-22-13-11-20(12-14-22)26-25(27(36)23-16-18(2)9-10-19(23)3)28(37)29(38)35(26)30-33-34-31(41-30)40-17-21-7-5-6-8-24(21)32/h4-14,16,26,36H,1,15,17H2,2-3H3/b27-25+. The molecule has 1 N–H and O–H groups in total. The fraction of sp³-hybridized carbons (Fsp3) is 0.161. The Morgan fingerprint density at radius 3 is 2.61 bits per heavy atom. The number of hydrogen-bond donors (Lipinski definition) is 1. The molecule has 1 fully saturated rings. The predicted octanol–water partition coefficient (Wildman–Crippen LogP) is 7.29. The van der Waals surface area contributed by atoms with Gasteiger partial charge in [-0.3, -0.25) is 14.5 Å². The molecule has 1 aliphatic heterocycles. The molecule has 1 unspecified atom stereocenters. The molecule has 1 atom stereocenters. The molecule has 1 saturated heterocycles. The Morgan fingerprint density at radius 1 is 1.12 bits per heavy atom. The van der Waals surface area contributed by atoms with Gasteiger partial charge in [-0.1, -0.05) is 95.4 Å². The highest BCUT2D eigenvalue weighted by Gasteiger charge is 2.48. The number of aliphatic hydroxyl groups excluding tert-OH is 1. The first-order valence-electron chi connectivity index (χ1n) is 12.7. The second kappa shape index (κ2) is 12.3. The van der Waals surface area contributed by atoms with Gasteiger partial charge in [0.05, 0.1) is 11.6 Å². The predicted molar refractivity (Wildman–Crippen MR) is 164 cm³/mol. The molecule has 1 aliphatic rings. The number of ether oxygens (including phenoxy) is 1.